The number of rotatable bonds is 6. The highest BCUT2D eigenvalue weighted by atomic mass is 16.5. The van der Waals surface area contributed by atoms with Gasteiger partial charge < -0.3 is 10.7 Å². The predicted molar refractivity (Wildman–Crippen MR) is 44.7 cm³/mol. The van der Waals surface area contributed by atoms with E-state index in [2.05, 4.69) is 13.8 Å². The van der Waals surface area contributed by atoms with Crippen molar-refractivity contribution in [1.82, 2.24) is 5.48 Å². The molecule has 0 fully saturated rings. The van der Waals surface area contributed by atoms with Crippen LogP contribution in [0.15, 0.2) is 0 Å². The fourth-order valence-corrected chi connectivity index (χ4v) is 1.06. The Hall–Kier alpha value is -0.0800. The first kappa shape index (κ1) is 9.92. The van der Waals surface area contributed by atoms with E-state index in [1.165, 1.54) is 19.3 Å². The average molecular weight is 144 g/mol. The van der Waals surface area contributed by atoms with Crippen LogP contribution in [-0.4, -0.2) is 6.54 Å². The Morgan fingerprint density at radius 3 is 2.50 bits per heavy atom. The molecule has 62 valence electrons. The molecule has 0 aliphatic rings. The van der Waals surface area contributed by atoms with Crippen LogP contribution < -0.4 is 5.48 Å². The van der Waals surface area contributed by atoms with E-state index in [4.69, 9.17) is 0 Å². The van der Waals surface area contributed by atoms with Crippen molar-refractivity contribution in [2.75, 3.05) is 6.54 Å². The van der Waals surface area contributed by atoms with Crippen molar-refractivity contribution in [3.05, 3.63) is 5.21 Å². The smallest absolute Gasteiger partial charge is 0.0141 e. The standard InChI is InChI=1S/C8H18NO/c1-3-5-6-8(4-2)7-9-10/h8-9H,3-7H2,1-2H3/q-1. The Labute approximate surface area is 63.6 Å². The van der Waals surface area contributed by atoms with Gasteiger partial charge in [0.05, 0.1) is 0 Å². The summed E-state index contributed by atoms with van der Waals surface area (Å²) in [6, 6.07) is 0. The molecule has 1 atom stereocenters. The molecule has 2 heteroatoms. The molecule has 0 saturated heterocycles. The zero-order valence-electron chi connectivity index (χ0n) is 7.02. The van der Waals surface area contributed by atoms with Gasteiger partial charge in [-0.1, -0.05) is 33.1 Å². The number of hydrogen-bond donors (Lipinski definition) is 1. The first-order valence-electron chi connectivity index (χ1n) is 4.20. The summed E-state index contributed by atoms with van der Waals surface area (Å²) in [6.07, 6.45) is 4.80. The molecule has 0 saturated carbocycles. The Kier molecular flexibility index (Phi) is 6.98. The van der Waals surface area contributed by atoms with Crippen molar-refractivity contribution in [2.24, 2.45) is 5.92 Å². The highest BCUT2D eigenvalue weighted by molar-refractivity contribution is 4.60. The van der Waals surface area contributed by atoms with Crippen molar-refractivity contribution >= 4 is 0 Å². The molecule has 0 aliphatic carbocycles. The van der Waals surface area contributed by atoms with E-state index in [0.29, 0.717) is 12.5 Å². The van der Waals surface area contributed by atoms with Gasteiger partial charge in [-0.15, -0.1) is 0 Å². The summed E-state index contributed by atoms with van der Waals surface area (Å²) in [5.74, 6) is 0.595. The molecular weight excluding hydrogens is 126 g/mol. The van der Waals surface area contributed by atoms with Crippen molar-refractivity contribution in [1.29, 1.82) is 0 Å². The minimum atomic E-state index is 0.595. The molecular formula is C8H18NO-. The second-order valence-electron chi connectivity index (χ2n) is 2.76. The molecule has 2 nitrogen and oxygen atoms in total. The lowest BCUT2D eigenvalue weighted by atomic mass is 10.00. The van der Waals surface area contributed by atoms with Crippen LogP contribution in [0.5, 0.6) is 0 Å². The molecule has 0 heterocycles. The topological polar surface area (TPSA) is 35.1 Å². The van der Waals surface area contributed by atoms with E-state index in [1.807, 2.05) is 5.48 Å². The Morgan fingerprint density at radius 2 is 2.10 bits per heavy atom. The van der Waals surface area contributed by atoms with Gasteiger partial charge in [0.2, 0.25) is 0 Å². The maximum absolute atomic E-state index is 10.0. The summed E-state index contributed by atoms with van der Waals surface area (Å²) in [7, 11) is 0. The maximum Gasteiger partial charge on any atom is -0.0141 e. The Bertz CT molecular complexity index is 66.3. The SMILES string of the molecule is CCCCC(CC)CN[O-]. The van der Waals surface area contributed by atoms with Gasteiger partial charge in [0.1, 0.15) is 0 Å². The second kappa shape index (κ2) is 7.03. The first-order valence-corrected chi connectivity index (χ1v) is 4.20. The fourth-order valence-electron chi connectivity index (χ4n) is 1.06. The van der Waals surface area contributed by atoms with E-state index in [0.717, 1.165) is 6.42 Å². The monoisotopic (exact) mass is 144 g/mol. The molecule has 0 radical (unpaired) electrons. The lowest BCUT2D eigenvalue weighted by Gasteiger charge is -2.17. The summed E-state index contributed by atoms with van der Waals surface area (Å²) in [6.45, 7) is 4.95. The Morgan fingerprint density at radius 1 is 1.40 bits per heavy atom. The summed E-state index contributed by atoms with van der Waals surface area (Å²) in [5.41, 5.74) is 1.98. The molecule has 0 rings (SSSR count). The van der Waals surface area contributed by atoms with Crippen molar-refractivity contribution in [3.63, 3.8) is 0 Å². The summed E-state index contributed by atoms with van der Waals surface area (Å²) < 4.78 is 0. The summed E-state index contributed by atoms with van der Waals surface area (Å²) in [4.78, 5) is 0. The van der Waals surface area contributed by atoms with Crippen LogP contribution in [0, 0.1) is 11.1 Å². The van der Waals surface area contributed by atoms with E-state index >= 15 is 0 Å². The van der Waals surface area contributed by atoms with Gasteiger partial charge in [-0.3, -0.25) is 0 Å². The van der Waals surface area contributed by atoms with Crippen LogP contribution in [-0.2, 0) is 0 Å². The van der Waals surface area contributed by atoms with Gasteiger partial charge in [0, 0.05) is 0 Å². The predicted octanol–water partition coefficient (Wildman–Crippen LogP) is 2.29. The lowest BCUT2D eigenvalue weighted by Crippen LogP contribution is -2.16. The van der Waals surface area contributed by atoms with Crippen LogP contribution in [0.25, 0.3) is 0 Å². The summed E-state index contributed by atoms with van der Waals surface area (Å²) in [5, 5.41) is 10.0. The molecule has 0 aliphatic heterocycles. The molecule has 0 aromatic rings. The highest BCUT2D eigenvalue weighted by Crippen LogP contribution is 2.10. The van der Waals surface area contributed by atoms with E-state index in [9.17, 15) is 5.21 Å². The molecule has 0 aromatic heterocycles. The third-order valence-corrected chi connectivity index (χ3v) is 1.92. The molecule has 0 aromatic carbocycles. The number of nitrogens with one attached hydrogen (secondary N) is 1. The fraction of sp³-hybridized carbons (Fsp3) is 1.00. The molecule has 0 spiro atoms. The van der Waals surface area contributed by atoms with Gasteiger partial charge in [-0.25, -0.2) is 0 Å². The van der Waals surface area contributed by atoms with Gasteiger partial charge in [-0.05, 0) is 18.9 Å². The van der Waals surface area contributed by atoms with Crippen LogP contribution in [0.1, 0.15) is 39.5 Å². The maximum atomic E-state index is 10.0. The van der Waals surface area contributed by atoms with Gasteiger partial charge in [-0.2, -0.15) is 0 Å². The van der Waals surface area contributed by atoms with Gasteiger partial charge in [0.25, 0.3) is 0 Å². The van der Waals surface area contributed by atoms with Crippen molar-refractivity contribution in [2.45, 2.75) is 39.5 Å². The third-order valence-electron chi connectivity index (χ3n) is 1.92. The molecule has 0 bridgehead atoms. The highest BCUT2D eigenvalue weighted by Gasteiger charge is 2.01. The lowest BCUT2D eigenvalue weighted by molar-refractivity contribution is 0.441. The molecule has 10 heavy (non-hydrogen) atoms. The number of hydroxylamine groups is 1. The average Bonchev–Trinajstić information content (AvgIpc) is 1.98. The number of unbranched alkanes of at least 4 members (excludes halogenated alkanes) is 1. The van der Waals surface area contributed by atoms with Crippen LogP contribution in [0.2, 0.25) is 0 Å². The second-order valence-corrected chi connectivity index (χ2v) is 2.76. The van der Waals surface area contributed by atoms with E-state index < -0.39 is 0 Å². The zero-order chi connectivity index (χ0) is 7.82. The number of hydrogen-bond acceptors (Lipinski definition) is 2. The minimum absolute atomic E-state index is 0.595. The van der Waals surface area contributed by atoms with Gasteiger partial charge in [0.15, 0.2) is 0 Å². The molecule has 1 N–H and O–H groups in total. The quantitative estimate of drug-likeness (QED) is 0.580. The summed E-state index contributed by atoms with van der Waals surface area (Å²) >= 11 is 0. The van der Waals surface area contributed by atoms with E-state index in [1.54, 1.807) is 0 Å². The minimum Gasteiger partial charge on any atom is -0.788 e. The zero-order valence-corrected chi connectivity index (χ0v) is 7.02. The largest absolute Gasteiger partial charge is 0.788 e. The normalized spacial score (nSPS) is 13.5. The van der Waals surface area contributed by atoms with E-state index in [-0.39, 0.29) is 0 Å². The molecule has 1 unspecified atom stereocenters. The first-order chi connectivity index (χ1) is 4.85. The molecule has 0 amide bonds. The third kappa shape index (κ3) is 4.77. The van der Waals surface area contributed by atoms with Crippen LogP contribution in [0.3, 0.4) is 0 Å². The van der Waals surface area contributed by atoms with Crippen LogP contribution >= 0.6 is 0 Å². The Balaban J connectivity index is 3.21. The van der Waals surface area contributed by atoms with Crippen LogP contribution in [0.4, 0.5) is 0 Å². The van der Waals surface area contributed by atoms with Gasteiger partial charge >= 0.3 is 0 Å². The van der Waals surface area contributed by atoms with Crippen molar-refractivity contribution < 1.29 is 0 Å². The van der Waals surface area contributed by atoms with Crippen molar-refractivity contribution in [3.8, 4) is 0 Å².